The quantitative estimate of drug-likeness (QED) is 0.00953. The molecule has 1 aliphatic rings. The van der Waals surface area contributed by atoms with Crippen LogP contribution in [0.25, 0.3) is 0 Å². The van der Waals surface area contributed by atoms with Crippen LogP contribution >= 0.6 is 15.6 Å². The molecule has 0 aliphatic heterocycles. The van der Waals surface area contributed by atoms with Gasteiger partial charge in [-0.25, -0.2) is 9.13 Å². The molecule has 0 aromatic rings. The Morgan fingerprint density at radius 3 is 1.66 bits per heavy atom. The van der Waals surface area contributed by atoms with Crippen molar-refractivity contribution in [3.8, 4) is 0 Å². The summed E-state index contributed by atoms with van der Waals surface area (Å²) in [7, 11) is -10.8. The number of unbranched alkanes of at least 4 members (excludes halogenated alkanes) is 7. The fourth-order valence-corrected chi connectivity index (χ4v) is 8.08. The topological polar surface area (TPSA) is 276 Å². The predicted molar refractivity (Wildman–Crippen MR) is 261 cm³/mol. The van der Waals surface area contributed by atoms with Gasteiger partial charge in [-0.2, -0.15) is 0 Å². The largest absolute Gasteiger partial charge is 0.472 e. The number of phosphoric acid groups is 2. The molecule has 9 atom stereocenters. The van der Waals surface area contributed by atoms with E-state index in [1.165, 1.54) is 38.5 Å². The molecule has 1 rings (SSSR count). The SMILES string of the molecule is CC/C=C\C/C=C\C/C=C\C/C=C\C=C\C(O)CCCC(=O)OC[C@H](COP(=O)(O)O[C@H]1C(O)C(O)C(O)[C@@H](OP(=O)(O)O)C1O)OC(=O)CCC/C=C\C/C=C\C/C=C\CCCCCCCC. The van der Waals surface area contributed by atoms with Crippen molar-refractivity contribution >= 4 is 27.6 Å². The van der Waals surface area contributed by atoms with Crippen molar-refractivity contribution in [2.24, 2.45) is 0 Å². The molecule has 0 aromatic heterocycles. The second-order valence-electron chi connectivity index (χ2n) is 16.3. The number of aliphatic hydroxyl groups excluding tert-OH is 5. The lowest BCUT2D eigenvalue weighted by molar-refractivity contribution is -0.216. The molecule has 0 bridgehead atoms. The number of hydrogen-bond acceptors (Lipinski definition) is 14. The highest BCUT2D eigenvalue weighted by molar-refractivity contribution is 7.47. The number of aliphatic hydroxyl groups is 5. The molecule has 8 N–H and O–H groups in total. The molecule has 1 saturated carbocycles. The summed E-state index contributed by atoms with van der Waals surface area (Å²) in [6.07, 6.45) is 31.1. The maximum Gasteiger partial charge on any atom is 0.472 e. The van der Waals surface area contributed by atoms with Crippen LogP contribution in [0.3, 0.4) is 0 Å². The first kappa shape index (κ1) is 62.9. The monoisotopic (exact) mass is 1000 g/mol. The van der Waals surface area contributed by atoms with E-state index in [1.807, 2.05) is 30.4 Å². The van der Waals surface area contributed by atoms with Gasteiger partial charge in [-0.1, -0.05) is 143 Å². The number of hydrogen-bond donors (Lipinski definition) is 8. The highest BCUT2D eigenvalue weighted by atomic mass is 31.2. The molecule has 6 unspecified atom stereocenters. The van der Waals surface area contributed by atoms with Crippen molar-refractivity contribution < 1.29 is 82.0 Å². The summed E-state index contributed by atoms with van der Waals surface area (Å²) >= 11 is 0. The molecule has 0 amide bonds. The number of allylic oxidation sites excluding steroid dienone is 15. The third kappa shape index (κ3) is 32.6. The Labute approximate surface area is 403 Å². The molecule has 0 saturated heterocycles. The number of carbonyl (C=O) groups excluding carboxylic acids is 2. The molecule has 0 heterocycles. The summed E-state index contributed by atoms with van der Waals surface area (Å²) in [6.45, 7) is 2.76. The Kier molecular flexibility index (Phi) is 35.7. The zero-order valence-corrected chi connectivity index (χ0v) is 41.6. The second-order valence-corrected chi connectivity index (χ2v) is 18.9. The molecule has 0 radical (unpaired) electrons. The highest BCUT2D eigenvalue weighted by Gasteiger charge is 2.54. The van der Waals surface area contributed by atoms with E-state index in [0.717, 1.165) is 44.9 Å². The van der Waals surface area contributed by atoms with Crippen molar-refractivity contribution in [3.05, 3.63) is 97.2 Å². The number of rotatable bonds is 38. The predicted octanol–water partition coefficient (Wildman–Crippen LogP) is 8.14. The van der Waals surface area contributed by atoms with Crippen molar-refractivity contribution in [1.82, 2.24) is 0 Å². The number of esters is 2. The zero-order chi connectivity index (χ0) is 50.5. The fourth-order valence-electron chi connectivity index (χ4n) is 6.54. The van der Waals surface area contributed by atoms with Crippen LogP contribution in [0.2, 0.25) is 0 Å². The molecule has 19 heteroatoms. The van der Waals surface area contributed by atoms with Crippen LogP contribution in [-0.4, -0.2) is 114 Å². The van der Waals surface area contributed by atoms with Gasteiger partial charge in [-0.3, -0.25) is 23.2 Å². The first-order valence-corrected chi connectivity index (χ1v) is 26.9. The summed E-state index contributed by atoms with van der Waals surface area (Å²) in [5, 5.41) is 51.6. The highest BCUT2D eigenvalue weighted by Crippen LogP contribution is 2.49. The third-order valence-corrected chi connectivity index (χ3v) is 11.7. The summed E-state index contributed by atoms with van der Waals surface area (Å²) in [5.74, 6) is -1.48. The lowest BCUT2D eigenvalue weighted by Gasteiger charge is -2.43. The lowest BCUT2D eigenvalue weighted by Crippen LogP contribution is -2.64. The van der Waals surface area contributed by atoms with Crippen LogP contribution in [0.15, 0.2) is 97.2 Å². The van der Waals surface area contributed by atoms with Gasteiger partial charge in [0.25, 0.3) is 0 Å². The van der Waals surface area contributed by atoms with E-state index in [-0.39, 0.29) is 25.7 Å². The van der Waals surface area contributed by atoms with Crippen LogP contribution in [0, 0.1) is 0 Å². The van der Waals surface area contributed by atoms with E-state index in [2.05, 4.69) is 73.1 Å². The van der Waals surface area contributed by atoms with Crippen LogP contribution in [0.1, 0.15) is 136 Å². The minimum absolute atomic E-state index is 0.0741. The minimum Gasteiger partial charge on any atom is -0.462 e. The van der Waals surface area contributed by atoms with Gasteiger partial charge in [0, 0.05) is 12.8 Å². The van der Waals surface area contributed by atoms with E-state index in [1.54, 1.807) is 12.2 Å². The van der Waals surface area contributed by atoms with Gasteiger partial charge in [0.15, 0.2) is 6.10 Å². The summed E-state index contributed by atoms with van der Waals surface area (Å²) < 4.78 is 49.2. The molecular weight excluding hydrogens is 922 g/mol. The molecule has 1 fully saturated rings. The zero-order valence-electron chi connectivity index (χ0n) is 39.9. The maximum absolute atomic E-state index is 13.0. The Bertz CT molecular complexity index is 1700. The van der Waals surface area contributed by atoms with Crippen molar-refractivity contribution in [3.63, 3.8) is 0 Å². The smallest absolute Gasteiger partial charge is 0.462 e. The summed E-state index contributed by atoms with van der Waals surface area (Å²) in [6, 6.07) is 0. The Hall–Kier alpha value is -3.12. The van der Waals surface area contributed by atoms with Crippen LogP contribution < -0.4 is 0 Å². The van der Waals surface area contributed by atoms with Crippen LogP contribution in [-0.2, 0) is 41.8 Å². The molecule has 0 spiro atoms. The number of ether oxygens (including phenoxy) is 2. The molecule has 1 aliphatic carbocycles. The minimum atomic E-state index is -5.39. The third-order valence-electron chi connectivity index (χ3n) is 10.2. The van der Waals surface area contributed by atoms with Crippen molar-refractivity contribution in [2.75, 3.05) is 13.2 Å². The van der Waals surface area contributed by atoms with Gasteiger partial charge in [-0.05, 0) is 77.0 Å². The van der Waals surface area contributed by atoms with E-state index in [4.69, 9.17) is 18.5 Å². The Morgan fingerprint density at radius 1 is 0.559 bits per heavy atom. The molecule has 388 valence electrons. The number of phosphoric ester groups is 2. The van der Waals surface area contributed by atoms with Crippen molar-refractivity contribution in [1.29, 1.82) is 0 Å². The van der Waals surface area contributed by atoms with E-state index in [9.17, 15) is 58.9 Å². The fraction of sp³-hybridized carbons (Fsp3) is 0.633. The van der Waals surface area contributed by atoms with Crippen LogP contribution in [0.4, 0.5) is 0 Å². The van der Waals surface area contributed by atoms with Gasteiger partial charge >= 0.3 is 27.6 Å². The molecule has 68 heavy (non-hydrogen) atoms. The normalized spacial score (nSPS) is 22.6. The average Bonchev–Trinajstić information content (AvgIpc) is 3.29. The van der Waals surface area contributed by atoms with E-state index >= 15 is 0 Å². The van der Waals surface area contributed by atoms with E-state index < -0.39 is 89.6 Å². The van der Waals surface area contributed by atoms with Gasteiger partial charge in [0.05, 0.1) is 12.7 Å². The molecule has 17 nitrogen and oxygen atoms in total. The number of carbonyl (C=O) groups is 2. The Balaban J connectivity index is 2.72. The second kappa shape index (κ2) is 38.6. The van der Waals surface area contributed by atoms with Gasteiger partial charge in [0.2, 0.25) is 0 Å². The van der Waals surface area contributed by atoms with Crippen LogP contribution in [0.5, 0.6) is 0 Å². The molecular formula is C49H80O17P2. The summed E-state index contributed by atoms with van der Waals surface area (Å²) in [5.41, 5.74) is 0. The van der Waals surface area contributed by atoms with E-state index in [0.29, 0.717) is 12.8 Å². The molecule has 0 aromatic carbocycles. The average molecular weight is 1000 g/mol. The van der Waals surface area contributed by atoms with Gasteiger partial charge in [0.1, 0.15) is 43.2 Å². The first-order valence-electron chi connectivity index (χ1n) is 23.9. The summed E-state index contributed by atoms with van der Waals surface area (Å²) in [4.78, 5) is 54.3. The first-order chi connectivity index (χ1) is 32.5. The van der Waals surface area contributed by atoms with Crippen molar-refractivity contribution in [2.45, 2.75) is 185 Å². The van der Waals surface area contributed by atoms with Gasteiger partial charge in [-0.15, -0.1) is 0 Å². The lowest BCUT2D eigenvalue weighted by atomic mass is 9.85. The maximum atomic E-state index is 13.0. The van der Waals surface area contributed by atoms with Gasteiger partial charge < -0.3 is 49.7 Å². The standard InChI is InChI=1S/C49H80O17P2/c1-3-5-7-9-11-13-15-17-18-19-20-22-24-26-28-30-32-36-43(52)64-41(39-63-68(60,61)66-49-46(55)44(53)45(54)48(47(49)56)65-67(57,58)59)38-62-42(51)37-33-35-40(50)34-31-29-27-25-23-21-16-14-12-10-8-6-4-2/h6,8,12,14,17-18,20-23,26-29,31,34,40-41,44-50,53-56H,3-5,7,9-11,13,15-16,19,24-25,30,32-33,35-39H2,1-2H3,(H,60,61)(H2,57,58,59)/b8-6-,14-12-,18-17-,22-20-,23-21-,28-26-,29-27-,34-31+/t40?,41-,44?,45?,46?,47?,48-,49+/m1/s1. The Morgan fingerprint density at radius 2 is 1.07 bits per heavy atom.